The number of aromatic nitrogens is 1. The summed E-state index contributed by atoms with van der Waals surface area (Å²) in [7, 11) is 0. The first-order valence-corrected chi connectivity index (χ1v) is 12.1. The van der Waals surface area contributed by atoms with Crippen LogP contribution in [0.2, 0.25) is 5.02 Å². The predicted molar refractivity (Wildman–Crippen MR) is 139 cm³/mol. The smallest absolute Gasteiger partial charge is 0.0843 e. The minimum atomic E-state index is -0.818. The van der Waals surface area contributed by atoms with Gasteiger partial charge in [-0.3, -0.25) is 4.98 Å². The molecule has 0 bridgehead atoms. The first-order valence-electron chi connectivity index (χ1n) is 11.7. The molecular formula is C30H32ClNO. The highest BCUT2D eigenvalue weighted by molar-refractivity contribution is 6.31. The van der Waals surface area contributed by atoms with Crippen molar-refractivity contribution in [2.75, 3.05) is 0 Å². The van der Waals surface area contributed by atoms with Crippen molar-refractivity contribution in [3.05, 3.63) is 112 Å². The van der Waals surface area contributed by atoms with Crippen LogP contribution in [0.3, 0.4) is 0 Å². The first-order chi connectivity index (χ1) is 15.8. The Morgan fingerprint density at radius 3 is 2.48 bits per heavy atom. The lowest BCUT2D eigenvalue weighted by Gasteiger charge is -2.22. The molecule has 0 unspecified atom stereocenters. The maximum Gasteiger partial charge on any atom is 0.0843 e. The Labute approximate surface area is 202 Å². The van der Waals surface area contributed by atoms with E-state index in [0.717, 1.165) is 52.9 Å². The van der Waals surface area contributed by atoms with Crippen molar-refractivity contribution in [3.63, 3.8) is 0 Å². The second kappa shape index (κ2) is 10.1. The Morgan fingerprint density at radius 1 is 0.879 bits per heavy atom. The number of rotatable bonds is 8. The van der Waals surface area contributed by atoms with Gasteiger partial charge in [0.25, 0.3) is 0 Å². The highest BCUT2D eigenvalue weighted by atomic mass is 35.5. The van der Waals surface area contributed by atoms with Crippen molar-refractivity contribution in [1.82, 2.24) is 4.98 Å². The fourth-order valence-electron chi connectivity index (χ4n) is 4.47. The molecular weight excluding hydrogens is 426 g/mol. The molecule has 1 atom stereocenters. The van der Waals surface area contributed by atoms with Gasteiger partial charge in [0.15, 0.2) is 0 Å². The monoisotopic (exact) mass is 457 g/mol. The van der Waals surface area contributed by atoms with Crippen LogP contribution in [0, 0.1) is 0 Å². The summed E-state index contributed by atoms with van der Waals surface area (Å²) in [6.07, 6.45) is 3.86. The molecule has 0 aliphatic carbocycles. The SMILES string of the molecule is C[C@@H](CCc1ccccc1C(C)(C)O)c1cccc(CCc2ccc3ccc(Cl)cc3n2)c1. The molecule has 0 saturated heterocycles. The normalized spacial score (nSPS) is 12.8. The van der Waals surface area contributed by atoms with Crippen LogP contribution in [0.15, 0.2) is 78.9 Å². The molecule has 0 amide bonds. The average Bonchev–Trinajstić information content (AvgIpc) is 2.80. The molecule has 2 nitrogen and oxygen atoms in total. The van der Waals surface area contributed by atoms with E-state index in [1.807, 2.05) is 44.2 Å². The van der Waals surface area contributed by atoms with Crippen molar-refractivity contribution in [2.24, 2.45) is 0 Å². The number of aliphatic hydroxyl groups is 1. The lowest BCUT2D eigenvalue weighted by molar-refractivity contribution is 0.0775. The summed E-state index contributed by atoms with van der Waals surface area (Å²) < 4.78 is 0. The van der Waals surface area contributed by atoms with E-state index in [-0.39, 0.29) is 0 Å². The summed E-state index contributed by atoms with van der Waals surface area (Å²) >= 11 is 6.13. The van der Waals surface area contributed by atoms with Gasteiger partial charge in [-0.15, -0.1) is 0 Å². The molecule has 0 radical (unpaired) electrons. The molecule has 4 aromatic rings. The van der Waals surface area contributed by atoms with E-state index in [1.54, 1.807) is 0 Å². The molecule has 4 rings (SSSR count). The summed E-state index contributed by atoms with van der Waals surface area (Å²) in [5.74, 6) is 0.445. The van der Waals surface area contributed by atoms with E-state index < -0.39 is 5.60 Å². The maximum atomic E-state index is 10.5. The van der Waals surface area contributed by atoms with Gasteiger partial charge in [-0.05, 0) is 85.9 Å². The minimum absolute atomic E-state index is 0.445. The standard InChI is InChI=1S/C30H32ClNO/c1-21(11-13-23-8-4-5-10-28(23)30(2,3)33)25-9-6-7-22(19-25)12-17-27-18-15-24-14-16-26(31)20-29(24)32-27/h4-10,14-16,18-21,33H,11-13,17H2,1-3H3/t21-/m0/s1. The van der Waals surface area contributed by atoms with Crippen LogP contribution in [0.1, 0.15) is 61.1 Å². The van der Waals surface area contributed by atoms with Crippen LogP contribution >= 0.6 is 11.6 Å². The number of fused-ring (bicyclic) bond motifs is 1. The van der Waals surface area contributed by atoms with Gasteiger partial charge in [0.1, 0.15) is 0 Å². The Bertz CT molecular complexity index is 1240. The van der Waals surface area contributed by atoms with Crippen LogP contribution in [0.5, 0.6) is 0 Å². The molecule has 0 spiro atoms. The molecule has 0 aliphatic heterocycles. The van der Waals surface area contributed by atoms with E-state index in [0.29, 0.717) is 5.92 Å². The van der Waals surface area contributed by atoms with Crippen molar-refractivity contribution in [3.8, 4) is 0 Å². The van der Waals surface area contributed by atoms with E-state index in [1.165, 1.54) is 16.7 Å². The number of pyridine rings is 1. The maximum absolute atomic E-state index is 10.5. The van der Waals surface area contributed by atoms with Crippen molar-refractivity contribution < 1.29 is 5.11 Å². The fraction of sp³-hybridized carbons (Fsp3) is 0.300. The summed E-state index contributed by atoms with van der Waals surface area (Å²) in [5, 5.41) is 12.3. The van der Waals surface area contributed by atoms with Crippen LogP contribution in [-0.2, 0) is 24.9 Å². The Kier molecular flexibility index (Phi) is 7.17. The molecule has 0 aliphatic rings. The topological polar surface area (TPSA) is 33.1 Å². The second-order valence-corrected chi connectivity index (χ2v) is 9.98. The minimum Gasteiger partial charge on any atom is -0.386 e. The lowest BCUT2D eigenvalue weighted by atomic mass is 9.87. The molecule has 0 saturated carbocycles. The van der Waals surface area contributed by atoms with Gasteiger partial charge in [0.05, 0.1) is 11.1 Å². The number of benzene rings is 3. The van der Waals surface area contributed by atoms with Crippen molar-refractivity contribution >= 4 is 22.5 Å². The van der Waals surface area contributed by atoms with Crippen LogP contribution in [0.4, 0.5) is 0 Å². The van der Waals surface area contributed by atoms with Gasteiger partial charge in [-0.2, -0.15) is 0 Å². The second-order valence-electron chi connectivity index (χ2n) is 9.54. The third kappa shape index (κ3) is 6.01. The predicted octanol–water partition coefficient (Wildman–Crippen LogP) is 7.64. The van der Waals surface area contributed by atoms with E-state index in [2.05, 4.69) is 55.5 Å². The number of nitrogens with zero attached hydrogens (tertiary/aromatic N) is 1. The average molecular weight is 458 g/mol. The molecule has 1 aromatic heterocycles. The van der Waals surface area contributed by atoms with Crippen molar-refractivity contribution in [1.29, 1.82) is 0 Å². The Hall–Kier alpha value is -2.68. The lowest BCUT2D eigenvalue weighted by Crippen LogP contribution is -2.18. The number of halogens is 1. The highest BCUT2D eigenvalue weighted by Crippen LogP contribution is 2.28. The van der Waals surface area contributed by atoms with E-state index in [4.69, 9.17) is 16.6 Å². The third-order valence-corrected chi connectivity index (χ3v) is 6.66. The zero-order chi connectivity index (χ0) is 23.4. The number of aryl methyl sites for hydroxylation is 3. The molecule has 0 fully saturated rings. The zero-order valence-corrected chi connectivity index (χ0v) is 20.4. The molecule has 1 N–H and O–H groups in total. The van der Waals surface area contributed by atoms with Crippen LogP contribution in [-0.4, -0.2) is 10.1 Å². The Morgan fingerprint density at radius 2 is 1.67 bits per heavy atom. The highest BCUT2D eigenvalue weighted by Gasteiger charge is 2.19. The largest absolute Gasteiger partial charge is 0.386 e. The van der Waals surface area contributed by atoms with Crippen LogP contribution in [0.25, 0.3) is 10.9 Å². The van der Waals surface area contributed by atoms with E-state index in [9.17, 15) is 5.11 Å². The van der Waals surface area contributed by atoms with Gasteiger partial charge in [-0.25, -0.2) is 0 Å². The van der Waals surface area contributed by atoms with E-state index >= 15 is 0 Å². The van der Waals surface area contributed by atoms with Crippen molar-refractivity contribution in [2.45, 2.75) is 58.0 Å². The number of hydrogen-bond acceptors (Lipinski definition) is 2. The molecule has 3 heteroatoms. The quantitative estimate of drug-likeness (QED) is 0.295. The molecule has 3 aromatic carbocycles. The zero-order valence-electron chi connectivity index (χ0n) is 19.7. The molecule has 33 heavy (non-hydrogen) atoms. The first kappa shape index (κ1) is 23.5. The summed E-state index contributed by atoms with van der Waals surface area (Å²) in [5.41, 5.74) is 6.18. The Balaban J connectivity index is 1.41. The summed E-state index contributed by atoms with van der Waals surface area (Å²) in [6, 6.07) is 27.3. The number of hydrogen-bond donors (Lipinski definition) is 1. The van der Waals surface area contributed by atoms with Gasteiger partial charge in [0, 0.05) is 16.1 Å². The molecule has 170 valence electrons. The van der Waals surface area contributed by atoms with Gasteiger partial charge >= 0.3 is 0 Å². The summed E-state index contributed by atoms with van der Waals surface area (Å²) in [6.45, 7) is 6.01. The fourth-order valence-corrected chi connectivity index (χ4v) is 4.64. The van der Waals surface area contributed by atoms with Gasteiger partial charge in [-0.1, -0.05) is 79.2 Å². The third-order valence-electron chi connectivity index (χ3n) is 6.42. The summed E-state index contributed by atoms with van der Waals surface area (Å²) in [4.78, 5) is 4.79. The van der Waals surface area contributed by atoms with Gasteiger partial charge in [0.2, 0.25) is 0 Å². The molecule has 1 heterocycles. The van der Waals surface area contributed by atoms with Gasteiger partial charge < -0.3 is 5.11 Å². The van der Waals surface area contributed by atoms with Crippen LogP contribution < -0.4 is 0 Å².